The van der Waals surface area contributed by atoms with Crippen LogP contribution in [0.3, 0.4) is 0 Å². The number of anilines is 1. The highest BCUT2D eigenvalue weighted by atomic mass is 79.9. The maximum atomic E-state index is 11.4. The largest absolute Gasteiger partial charge is 0.469 e. The van der Waals surface area contributed by atoms with Crippen LogP contribution >= 0.6 is 15.9 Å². The Morgan fingerprint density at radius 3 is 2.76 bits per heavy atom. The maximum absolute atomic E-state index is 11.4. The van der Waals surface area contributed by atoms with Crippen molar-refractivity contribution in [3.8, 4) is 0 Å². The lowest BCUT2D eigenvalue weighted by atomic mass is 10.1. The van der Waals surface area contributed by atoms with Crippen molar-refractivity contribution < 1.29 is 9.53 Å². The molecule has 0 aliphatic carbocycles. The molecule has 0 saturated carbocycles. The zero-order valence-corrected chi connectivity index (χ0v) is 12.0. The summed E-state index contributed by atoms with van der Waals surface area (Å²) in [6.07, 6.45) is 0.767. The average molecular weight is 300 g/mol. The van der Waals surface area contributed by atoms with Gasteiger partial charge in [-0.15, -0.1) is 0 Å². The van der Waals surface area contributed by atoms with Gasteiger partial charge in [0.05, 0.1) is 13.0 Å². The number of methoxy groups -OCH3 is 1. The molecule has 0 bridgehead atoms. The van der Waals surface area contributed by atoms with Crippen molar-refractivity contribution in [2.75, 3.05) is 19.0 Å². The van der Waals surface area contributed by atoms with E-state index in [0.29, 0.717) is 6.54 Å². The van der Waals surface area contributed by atoms with E-state index in [0.717, 1.165) is 16.6 Å². The van der Waals surface area contributed by atoms with Gasteiger partial charge in [0.15, 0.2) is 0 Å². The van der Waals surface area contributed by atoms with Gasteiger partial charge in [-0.05, 0) is 47.0 Å². The number of hydrogen-bond acceptors (Lipinski definition) is 3. The molecule has 1 aromatic carbocycles. The number of carbonyl (C=O) groups is 1. The van der Waals surface area contributed by atoms with Gasteiger partial charge in [0.25, 0.3) is 0 Å². The molecule has 0 fully saturated rings. The van der Waals surface area contributed by atoms with E-state index in [2.05, 4.69) is 21.2 Å². The van der Waals surface area contributed by atoms with Crippen LogP contribution in [0.2, 0.25) is 0 Å². The van der Waals surface area contributed by atoms with Crippen LogP contribution in [0.15, 0.2) is 22.7 Å². The molecule has 1 N–H and O–H groups in total. The van der Waals surface area contributed by atoms with E-state index in [1.165, 1.54) is 12.7 Å². The highest BCUT2D eigenvalue weighted by molar-refractivity contribution is 9.10. The van der Waals surface area contributed by atoms with E-state index >= 15 is 0 Å². The highest BCUT2D eigenvalue weighted by Crippen LogP contribution is 2.23. The first-order valence-electron chi connectivity index (χ1n) is 5.66. The number of nitrogens with one attached hydrogen (secondary N) is 1. The smallest absolute Gasteiger partial charge is 0.310 e. The van der Waals surface area contributed by atoms with Crippen LogP contribution in [0.1, 0.15) is 18.9 Å². The first-order valence-corrected chi connectivity index (χ1v) is 6.45. The summed E-state index contributed by atoms with van der Waals surface area (Å²) in [5, 5.41) is 3.26. The van der Waals surface area contributed by atoms with Crippen molar-refractivity contribution in [2.45, 2.75) is 20.3 Å². The Morgan fingerprint density at radius 2 is 2.24 bits per heavy atom. The Bertz CT molecular complexity index is 393. The molecule has 1 unspecified atom stereocenters. The van der Waals surface area contributed by atoms with Gasteiger partial charge in [0.1, 0.15) is 0 Å². The Labute approximate surface area is 111 Å². The molecule has 0 aliphatic heterocycles. The van der Waals surface area contributed by atoms with Crippen molar-refractivity contribution >= 4 is 27.6 Å². The van der Waals surface area contributed by atoms with Gasteiger partial charge in [-0.2, -0.15) is 0 Å². The van der Waals surface area contributed by atoms with Gasteiger partial charge in [-0.3, -0.25) is 4.79 Å². The highest BCUT2D eigenvalue weighted by Gasteiger charge is 2.16. The topological polar surface area (TPSA) is 38.3 Å². The summed E-state index contributed by atoms with van der Waals surface area (Å²) in [4.78, 5) is 11.4. The van der Waals surface area contributed by atoms with Crippen LogP contribution in [0.25, 0.3) is 0 Å². The monoisotopic (exact) mass is 299 g/mol. The Balaban J connectivity index is 2.62. The molecule has 1 atom stereocenters. The molecular formula is C13H18BrNO2. The van der Waals surface area contributed by atoms with E-state index in [-0.39, 0.29) is 11.9 Å². The number of ether oxygens (including phenoxy) is 1. The number of hydrogen-bond donors (Lipinski definition) is 1. The number of halogens is 1. The average Bonchev–Trinajstić information content (AvgIpc) is 2.31. The van der Waals surface area contributed by atoms with Crippen molar-refractivity contribution in [1.82, 2.24) is 0 Å². The Hall–Kier alpha value is -1.03. The van der Waals surface area contributed by atoms with Crippen LogP contribution < -0.4 is 5.32 Å². The zero-order chi connectivity index (χ0) is 12.8. The first kappa shape index (κ1) is 14.0. The molecule has 0 spiro atoms. The second-order valence-corrected chi connectivity index (χ2v) is 4.85. The number of benzene rings is 1. The minimum atomic E-state index is -0.164. The lowest BCUT2D eigenvalue weighted by molar-refractivity contribution is -0.145. The third-order valence-electron chi connectivity index (χ3n) is 2.69. The third kappa shape index (κ3) is 4.04. The summed E-state index contributed by atoms with van der Waals surface area (Å²) in [6, 6.07) is 6.08. The molecular weight excluding hydrogens is 282 g/mol. The van der Waals surface area contributed by atoms with Crippen molar-refractivity contribution in [1.29, 1.82) is 0 Å². The predicted molar refractivity (Wildman–Crippen MR) is 73.2 cm³/mol. The minimum absolute atomic E-state index is 0.104. The molecule has 1 rings (SSSR count). The SMILES string of the molecule is CCC(CNc1ccc(C)cc1Br)C(=O)OC. The van der Waals surface area contributed by atoms with Gasteiger partial charge in [-0.25, -0.2) is 0 Å². The third-order valence-corrected chi connectivity index (χ3v) is 3.35. The van der Waals surface area contributed by atoms with Crippen molar-refractivity contribution in [3.05, 3.63) is 28.2 Å². The zero-order valence-electron chi connectivity index (χ0n) is 10.4. The molecule has 1 aromatic rings. The van der Waals surface area contributed by atoms with Crippen LogP contribution in [0.4, 0.5) is 5.69 Å². The summed E-state index contributed by atoms with van der Waals surface area (Å²) in [7, 11) is 1.42. The Kier molecular flexibility index (Phi) is 5.48. The van der Waals surface area contributed by atoms with Crippen LogP contribution in [-0.4, -0.2) is 19.6 Å². The van der Waals surface area contributed by atoms with Crippen LogP contribution in [0.5, 0.6) is 0 Å². The van der Waals surface area contributed by atoms with E-state index in [1.54, 1.807) is 0 Å². The lowest BCUT2D eigenvalue weighted by Gasteiger charge is -2.15. The van der Waals surface area contributed by atoms with Crippen molar-refractivity contribution in [2.24, 2.45) is 5.92 Å². The maximum Gasteiger partial charge on any atom is 0.310 e. The fourth-order valence-corrected chi connectivity index (χ4v) is 2.19. The quantitative estimate of drug-likeness (QED) is 0.847. The van der Waals surface area contributed by atoms with E-state index < -0.39 is 0 Å². The molecule has 0 saturated heterocycles. The molecule has 0 aliphatic rings. The van der Waals surface area contributed by atoms with Gasteiger partial charge in [0.2, 0.25) is 0 Å². The lowest BCUT2D eigenvalue weighted by Crippen LogP contribution is -2.23. The molecule has 0 aromatic heterocycles. The molecule has 0 heterocycles. The molecule has 17 heavy (non-hydrogen) atoms. The van der Waals surface area contributed by atoms with E-state index in [4.69, 9.17) is 4.74 Å². The molecule has 94 valence electrons. The fourth-order valence-electron chi connectivity index (χ4n) is 1.56. The van der Waals surface area contributed by atoms with E-state index in [1.807, 2.05) is 32.0 Å². The summed E-state index contributed by atoms with van der Waals surface area (Å²) in [5.41, 5.74) is 2.19. The predicted octanol–water partition coefficient (Wildman–Crippen LogP) is 3.37. The summed E-state index contributed by atoms with van der Waals surface area (Å²) >= 11 is 3.49. The van der Waals surface area contributed by atoms with Gasteiger partial charge in [0, 0.05) is 16.7 Å². The molecule has 4 heteroatoms. The number of rotatable bonds is 5. The molecule has 3 nitrogen and oxygen atoms in total. The summed E-state index contributed by atoms with van der Waals surface area (Å²) < 4.78 is 5.76. The summed E-state index contributed by atoms with van der Waals surface area (Å²) in [5.74, 6) is -0.267. The molecule has 0 amide bonds. The Morgan fingerprint density at radius 1 is 1.53 bits per heavy atom. The van der Waals surface area contributed by atoms with E-state index in [9.17, 15) is 4.79 Å². The molecule has 0 radical (unpaired) electrons. The second-order valence-electron chi connectivity index (χ2n) is 3.99. The minimum Gasteiger partial charge on any atom is -0.469 e. The number of aryl methyl sites for hydroxylation is 1. The summed E-state index contributed by atoms with van der Waals surface area (Å²) in [6.45, 7) is 4.61. The number of carbonyl (C=O) groups excluding carboxylic acids is 1. The van der Waals surface area contributed by atoms with Crippen LogP contribution in [-0.2, 0) is 9.53 Å². The van der Waals surface area contributed by atoms with Crippen molar-refractivity contribution in [3.63, 3.8) is 0 Å². The normalized spacial score (nSPS) is 12.0. The number of esters is 1. The second kappa shape index (κ2) is 6.64. The first-order chi connectivity index (χ1) is 8.08. The van der Waals surface area contributed by atoms with Gasteiger partial charge in [-0.1, -0.05) is 13.0 Å². The van der Waals surface area contributed by atoms with Gasteiger partial charge < -0.3 is 10.1 Å². The standard InChI is InChI=1S/C13H18BrNO2/c1-4-10(13(16)17-3)8-15-12-6-5-9(2)7-11(12)14/h5-7,10,15H,4,8H2,1-3H3. The fraction of sp³-hybridized carbons (Fsp3) is 0.462. The van der Waals surface area contributed by atoms with Crippen LogP contribution in [0, 0.1) is 12.8 Å². The van der Waals surface area contributed by atoms with Gasteiger partial charge >= 0.3 is 5.97 Å².